The highest BCUT2D eigenvalue weighted by atomic mass is 16.5. The van der Waals surface area contributed by atoms with E-state index in [1.807, 2.05) is 49.3 Å². The second kappa shape index (κ2) is 10.8. The molecule has 0 amide bonds. The van der Waals surface area contributed by atoms with Crippen LogP contribution in [0, 0.1) is 6.92 Å². The summed E-state index contributed by atoms with van der Waals surface area (Å²) in [5, 5.41) is 13.4. The van der Waals surface area contributed by atoms with Crippen molar-refractivity contribution in [1.82, 2.24) is 0 Å². The van der Waals surface area contributed by atoms with Crippen LogP contribution in [0.15, 0.2) is 66.7 Å². The molecule has 172 valence electrons. The Kier molecular flexibility index (Phi) is 7.88. The standard InChI is InChI=1S/C27H29NO3.CH2O/c1-3-21-11-12-24(16-25(21)31-14-13-20-8-6-7-19(2)15-20)28-27(26(29)30)17-22-9-4-5-10-23(22)18-27;1-2/h4-12,15-16,28H,3,13-14,17-18H2,1-2H3,(H,29,30);1H2. The zero-order valence-corrected chi connectivity index (χ0v) is 19.3. The van der Waals surface area contributed by atoms with Crippen LogP contribution in [0.3, 0.4) is 0 Å². The summed E-state index contributed by atoms with van der Waals surface area (Å²) >= 11 is 0. The van der Waals surface area contributed by atoms with Crippen molar-refractivity contribution in [3.8, 4) is 5.75 Å². The lowest BCUT2D eigenvalue weighted by Gasteiger charge is -2.27. The van der Waals surface area contributed by atoms with E-state index in [1.165, 1.54) is 11.1 Å². The van der Waals surface area contributed by atoms with E-state index in [2.05, 4.69) is 43.4 Å². The fourth-order valence-electron chi connectivity index (χ4n) is 4.39. The molecule has 0 radical (unpaired) electrons. The van der Waals surface area contributed by atoms with Crippen molar-refractivity contribution in [3.05, 3.63) is 94.5 Å². The first-order valence-electron chi connectivity index (χ1n) is 11.2. The minimum atomic E-state index is -1.03. The predicted octanol–water partition coefficient (Wildman–Crippen LogP) is 5.03. The van der Waals surface area contributed by atoms with Gasteiger partial charge in [-0.25, -0.2) is 4.79 Å². The number of aliphatic carboxylic acids is 1. The van der Waals surface area contributed by atoms with Crippen LogP contribution in [-0.4, -0.2) is 30.0 Å². The summed E-state index contributed by atoms with van der Waals surface area (Å²) in [4.78, 5) is 20.3. The van der Waals surface area contributed by atoms with Crippen LogP contribution in [0.2, 0.25) is 0 Å². The Balaban J connectivity index is 0.00000149. The molecule has 0 aliphatic heterocycles. The maximum absolute atomic E-state index is 12.3. The van der Waals surface area contributed by atoms with Crippen LogP contribution in [0.5, 0.6) is 5.75 Å². The number of rotatable bonds is 8. The van der Waals surface area contributed by atoms with Gasteiger partial charge in [0.05, 0.1) is 6.61 Å². The topological polar surface area (TPSA) is 75.6 Å². The molecule has 1 aliphatic carbocycles. The summed E-state index contributed by atoms with van der Waals surface area (Å²) in [6, 6.07) is 22.3. The summed E-state index contributed by atoms with van der Waals surface area (Å²) in [6.45, 7) is 6.77. The largest absolute Gasteiger partial charge is 0.493 e. The fraction of sp³-hybridized carbons (Fsp3) is 0.286. The summed E-state index contributed by atoms with van der Waals surface area (Å²) < 4.78 is 6.14. The Morgan fingerprint density at radius 2 is 1.73 bits per heavy atom. The van der Waals surface area contributed by atoms with E-state index in [-0.39, 0.29) is 0 Å². The molecule has 4 rings (SSSR count). The molecule has 0 fully saturated rings. The van der Waals surface area contributed by atoms with Crippen LogP contribution in [0.4, 0.5) is 5.69 Å². The number of carbonyl (C=O) groups excluding carboxylic acids is 1. The van der Waals surface area contributed by atoms with Gasteiger partial charge in [0.15, 0.2) is 0 Å². The van der Waals surface area contributed by atoms with Crippen molar-refractivity contribution in [2.45, 2.75) is 45.1 Å². The van der Waals surface area contributed by atoms with Gasteiger partial charge in [0.1, 0.15) is 18.1 Å². The van der Waals surface area contributed by atoms with Crippen molar-refractivity contribution in [2.24, 2.45) is 0 Å². The van der Waals surface area contributed by atoms with E-state index in [0.29, 0.717) is 19.4 Å². The van der Waals surface area contributed by atoms with Crippen LogP contribution in [-0.2, 0) is 35.3 Å². The highest BCUT2D eigenvalue weighted by molar-refractivity contribution is 5.85. The number of benzene rings is 3. The average molecular weight is 446 g/mol. The minimum Gasteiger partial charge on any atom is -0.493 e. The van der Waals surface area contributed by atoms with Gasteiger partial charge in [-0.2, -0.15) is 0 Å². The molecule has 0 bridgehead atoms. The second-order valence-corrected chi connectivity index (χ2v) is 8.40. The Labute approximate surface area is 195 Å². The Morgan fingerprint density at radius 1 is 1.03 bits per heavy atom. The van der Waals surface area contributed by atoms with Crippen molar-refractivity contribution < 1.29 is 19.4 Å². The smallest absolute Gasteiger partial charge is 0.330 e. The van der Waals surface area contributed by atoms with Gasteiger partial charge in [0, 0.05) is 31.0 Å². The molecule has 0 saturated heterocycles. The third-order valence-electron chi connectivity index (χ3n) is 6.07. The maximum Gasteiger partial charge on any atom is 0.330 e. The lowest BCUT2D eigenvalue weighted by atomic mass is 9.95. The maximum atomic E-state index is 12.3. The van der Waals surface area contributed by atoms with Gasteiger partial charge in [0.25, 0.3) is 0 Å². The Morgan fingerprint density at radius 3 is 2.33 bits per heavy atom. The van der Waals surface area contributed by atoms with Crippen LogP contribution >= 0.6 is 0 Å². The van der Waals surface area contributed by atoms with Gasteiger partial charge in [-0.15, -0.1) is 0 Å². The van der Waals surface area contributed by atoms with Gasteiger partial charge in [-0.3, -0.25) is 0 Å². The van der Waals surface area contributed by atoms with E-state index in [1.54, 1.807) is 0 Å². The molecule has 0 unspecified atom stereocenters. The van der Waals surface area contributed by atoms with Gasteiger partial charge in [0.2, 0.25) is 0 Å². The highest BCUT2D eigenvalue weighted by Crippen LogP contribution is 2.35. The molecule has 5 heteroatoms. The third-order valence-corrected chi connectivity index (χ3v) is 6.07. The predicted molar refractivity (Wildman–Crippen MR) is 131 cm³/mol. The Hall–Kier alpha value is -3.60. The van der Waals surface area contributed by atoms with E-state index in [4.69, 9.17) is 9.53 Å². The van der Waals surface area contributed by atoms with E-state index >= 15 is 0 Å². The van der Waals surface area contributed by atoms with Crippen LogP contribution < -0.4 is 10.1 Å². The first-order chi connectivity index (χ1) is 16.0. The zero-order chi connectivity index (χ0) is 23.8. The molecule has 3 aromatic rings. The van der Waals surface area contributed by atoms with Crippen molar-refractivity contribution in [1.29, 1.82) is 0 Å². The highest BCUT2D eigenvalue weighted by Gasteiger charge is 2.44. The molecule has 0 spiro atoms. The first kappa shape index (κ1) is 24.1. The quantitative estimate of drug-likeness (QED) is 0.509. The summed E-state index contributed by atoms with van der Waals surface area (Å²) in [5.74, 6) is -0.0126. The number of ether oxygens (including phenoxy) is 1. The van der Waals surface area contributed by atoms with Crippen molar-refractivity contribution >= 4 is 18.4 Å². The molecular weight excluding hydrogens is 414 g/mol. The van der Waals surface area contributed by atoms with E-state index in [0.717, 1.165) is 41.0 Å². The number of carboxylic acid groups (broad SMARTS) is 1. The number of fused-ring (bicyclic) bond motifs is 1. The summed E-state index contributed by atoms with van der Waals surface area (Å²) in [6.07, 6.45) is 2.63. The molecule has 2 N–H and O–H groups in total. The third kappa shape index (κ3) is 5.61. The first-order valence-corrected chi connectivity index (χ1v) is 11.2. The van der Waals surface area contributed by atoms with Gasteiger partial charge >= 0.3 is 5.97 Å². The molecule has 33 heavy (non-hydrogen) atoms. The lowest BCUT2D eigenvalue weighted by Crippen LogP contribution is -2.47. The lowest BCUT2D eigenvalue weighted by molar-refractivity contribution is -0.142. The van der Waals surface area contributed by atoms with Gasteiger partial charge in [-0.05, 0) is 41.7 Å². The molecule has 0 heterocycles. The van der Waals surface area contributed by atoms with Crippen molar-refractivity contribution in [3.63, 3.8) is 0 Å². The van der Waals surface area contributed by atoms with Gasteiger partial charge in [-0.1, -0.05) is 67.1 Å². The molecule has 5 nitrogen and oxygen atoms in total. The number of nitrogens with one attached hydrogen (secondary N) is 1. The number of hydrogen-bond donors (Lipinski definition) is 2. The monoisotopic (exact) mass is 445 g/mol. The Bertz CT molecular complexity index is 1080. The number of anilines is 1. The molecule has 0 aromatic heterocycles. The van der Waals surface area contributed by atoms with E-state index in [9.17, 15) is 9.90 Å². The van der Waals surface area contributed by atoms with Crippen molar-refractivity contribution in [2.75, 3.05) is 11.9 Å². The van der Waals surface area contributed by atoms with Crippen LogP contribution in [0.1, 0.15) is 34.7 Å². The number of carboxylic acids is 1. The fourth-order valence-corrected chi connectivity index (χ4v) is 4.39. The zero-order valence-electron chi connectivity index (χ0n) is 19.3. The normalized spacial score (nSPS) is 13.4. The molecular formula is C28H31NO4. The second-order valence-electron chi connectivity index (χ2n) is 8.40. The molecule has 0 saturated carbocycles. The molecule has 3 aromatic carbocycles. The van der Waals surface area contributed by atoms with Crippen LogP contribution in [0.25, 0.3) is 0 Å². The number of carbonyl (C=O) groups is 2. The minimum absolute atomic E-state index is 0.470. The molecule has 0 atom stereocenters. The average Bonchev–Trinajstić information content (AvgIpc) is 3.20. The van der Waals surface area contributed by atoms with E-state index < -0.39 is 11.5 Å². The number of hydrogen-bond acceptors (Lipinski definition) is 4. The summed E-state index contributed by atoms with van der Waals surface area (Å²) in [5.41, 5.74) is 5.55. The SMILES string of the molecule is C=O.CCc1ccc(NC2(C(=O)O)Cc3ccccc3C2)cc1OCCc1cccc(C)c1. The number of aryl methyl sites for hydroxylation is 2. The molecule has 1 aliphatic rings. The summed E-state index contributed by atoms with van der Waals surface area (Å²) in [7, 11) is 0. The van der Waals surface area contributed by atoms with Gasteiger partial charge < -0.3 is 20.0 Å².